The fraction of sp³-hybridized carbons (Fsp3) is 0.480. The second-order valence-corrected chi connectivity index (χ2v) is 9.19. The molecule has 2 aromatic rings. The van der Waals surface area contributed by atoms with Gasteiger partial charge in [0.2, 0.25) is 11.8 Å². The lowest BCUT2D eigenvalue weighted by Crippen LogP contribution is -2.49. The van der Waals surface area contributed by atoms with Crippen LogP contribution in [0.2, 0.25) is 5.02 Å². The van der Waals surface area contributed by atoms with Gasteiger partial charge in [0.15, 0.2) is 0 Å². The van der Waals surface area contributed by atoms with Crippen LogP contribution < -0.4 is 5.32 Å². The van der Waals surface area contributed by atoms with Gasteiger partial charge in [0, 0.05) is 49.5 Å². The number of hydrogen-bond donors (Lipinski definition) is 1. The second kappa shape index (κ2) is 10.9. The number of piperidine rings is 1. The maximum atomic E-state index is 13.2. The normalized spacial score (nSPS) is 19.8. The van der Waals surface area contributed by atoms with Gasteiger partial charge in [-0.15, -0.1) is 0 Å². The molecule has 0 radical (unpaired) electrons. The highest BCUT2D eigenvalue weighted by molar-refractivity contribution is 6.30. The summed E-state index contributed by atoms with van der Waals surface area (Å²) in [5.74, 6) is 0.314. The predicted molar refractivity (Wildman–Crippen MR) is 125 cm³/mol. The molecule has 2 saturated heterocycles. The standard InChI is InChI=1S/C25H31ClN4O2/c26-22-5-3-20(4-6-22)18-30-15-1-2-23(30)25(32)29-16-10-21(11-17-29)24(31)28-14-9-19-7-12-27-13-8-19/h3-8,12-13,21,23H,1-2,9-11,14-18H2,(H,28,31)/t23-/m0/s1. The number of likely N-dealkylation sites (tertiary alicyclic amines) is 2. The Morgan fingerprint density at radius 3 is 2.41 bits per heavy atom. The highest BCUT2D eigenvalue weighted by Crippen LogP contribution is 2.25. The van der Waals surface area contributed by atoms with Crippen LogP contribution in [0.3, 0.4) is 0 Å². The lowest BCUT2D eigenvalue weighted by Gasteiger charge is -2.35. The van der Waals surface area contributed by atoms with Crippen molar-refractivity contribution in [3.8, 4) is 0 Å². The number of nitrogens with one attached hydrogen (secondary N) is 1. The van der Waals surface area contributed by atoms with Gasteiger partial charge < -0.3 is 10.2 Å². The van der Waals surface area contributed by atoms with Gasteiger partial charge in [-0.2, -0.15) is 0 Å². The molecule has 0 saturated carbocycles. The zero-order chi connectivity index (χ0) is 22.3. The summed E-state index contributed by atoms with van der Waals surface area (Å²) in [6, 6.07) is 11.7. The third kappa shape index (κ3) is 5.87. The van der Waals surface area contributed by atoms with Crippen molar-refractivity contribution < 1.29 is 9.59 Å². The molecule has 1 N–H and O–H groups in total. The van der Waals surface area contributed by atoms with Crippen LogP contribution in [0.25, 0.3) is 0 Å². The number of aromatic nitrogens is 1. The summed E-state index contributed by atoms with van der Waals surface area (Å²) in [5, 5.41) is 3.79. The van der Waals surface area contributed by atoms with E-state index in [-0.39, 0.29) is 23.8 Å². The molecule has 3 heterocycles. The molecule has 2 fully saturated rings. The topological polar surface area (TPSA) is 65.5 Å². The first-order valence-electron chi connectivity index (χ1n) is 11.5. The van der Waals surface area contributed by atoms with E-state index in [4.69, 9.17) is 11.6 Å². The van der Waals surface area contributed by atoms with Gasteiger partial charge in [-0.05, 0) is 74.0 Å². The van der Waals surface area contributed by atoms with E-state index in [1.807, 2.05) is 41.3 Å². The Morgan fingerprint density at radius 1 is 0.969 bits per heavy atom. The van der Waals surface area contributed by atoms with Crippen LogP contribution in [-0.2, 0) is 22.6 Å². The van der Waals surface area contributed by atoms with E-state index in [0.29, 0.717) is 19.6 Å². The third-order valence-corrected chi connectivity index (χ3v) is 6.84. The van der Waals surface area contributed by atoms with Gasteiger partial charge in [0.1, 0.15) is 0 Å². The number of pyridine rings is 1. The van der Waals surface area contributed by atoms with Crippen molar-refractivity contribution in [3.63, 3.8) is 0 Å². The van der Waals surface area contributed by atoms with Crippen molar-refractivity contribution in [1.82, 2.24) is 20.1 Å². The van der Waals surface area contributed by atoms with E-state index in [1.54, 1.807) is 12.4 Å². The first-order valence-corrected chi connectivity index (χ1v) is 11.9. The molecular weight excluding hydrogens is 424 g/mol. The number of carbonyl (C=O) groups excluding carboxylic acids is 2. The van der Waals surface area contributed by atoms with Crippen LogP contribution in [0.5, 0.6) is 0 Å². The molecule has 6 nitrogen and oxygen atoms in total. The molecule has 4 rings (SSSR count). The smallest absolute Gasteiger partial charge is 0.239 e. The highest BCUT2D eigenvalue weighted by Gasteiger charge is 2.36. The number of amides is 2. The quantitative estimate of drug-likeness (QED) is 0.697. The number of hydrogen-bond acceptors (Lipinski definition) is 4. The Kier molecular flexibility index (Phi) is 7.76. The predicted octanol–water partition coefficient (Wildman–Crippen LogP) is 3.30. The molecule has 0 spiro atoms. The Balaban J connectivity index is 1.22. The largest absolute Gasteiger partial charge is 0.356 e. The molecule has 2 amide bonds. The van der Waals surface area contributed by atoms with Crippen molar-refractivity contribution >= 4 is 23.4 Å². The lowest BCUT2D eigenvalue weighted by atomic mass is 9.95. The Hall–Kier alpha value is -2.44. The number of nitrogens with zero attached hydrogens (tertiary/aromatic N) is 3. The first-order chi connectivity index (χ1) is 15.6. The van der Waals surface area contributed by atoms with E-state index in [2.05, 4.69) is 15.2 Å². The monoisotopic (exact) mass is 454 g/mol. The van der Waals surface area contributed by atoms with E-state index in [1.165, 1.54) is 11.1 Å². The molecule has 1 aromatic carbocycles. The lowest BCUT2D eigenvalue weighted by molar-refractivity contribution is -0.139. The van der Waals surface area contributed by atoms with Gasteiger partial charge in [0.25, 0.3) is 0 Å². The number of benzene rings is 1. The minimum Gasteiger partial charge on any atom is -0.356 e. The Labute approximate surface area is 195 Å². The Bertz CT molecular complexity index is 898. The van der Waals surface area contributed by atoms with Crippen molar-refractivity contribution in [2.75, 3.05) is 26.2 Å². The fourth-order valence-electron chi connectivity index (χ4n) is 4.72. The van der Waals surface area contributed by atoms with Gasteiger partial charge in [-0.3, -0.25) is 19.5 Å². The summed E-state index contributed by atoms with van der Waals surface area (Å²) < 4.78 is 0. The average molecular weight is 455 g/mol. The molecule has 32 heavy (non-hydrogen) atoms. The molecule has 0 aliphatic carbocycles. The fourth-order valence-corrected chi connectivity index (χ4v) is 4.84. The van der Waals surface area contributed by atoms with E-state index in [0.717, 1.165) is 50.2 Å². The van der Waals surface area contributed by atoms with Crippen molar-refractivity contribution in [2.45, 2.75) is 44.7 Å². The Morgan fingerprint density at radius 2 is 1.69 bits per heavy atom. The van der Waals surface area contributed by atoms with E-state index < -0.39 is 0 Å². The maximum absolute atomic E-state index is 13.2. The van der Waals surface area contributed by atoms with Crippen LogP contribution >= 0.6 is 11.6 Å². The average Bonchev–Trinajstić information content (AvgIpc) is 3.29. The number of rotatable bonds is 7. The van der Waals surface area contributed by atoms with Crippen molar-refractivity contribution in [3.05, 3.63) is 64.9 Å². The SMILES string of the molecule is O=C(NCCc1ccncc1)C1CCN(C(=O)[C@@H]2CCCN2Cc2ccc(Cl)cc2)CC1. The van der Waals surface area contributed by atoms with Crippen LogP contribution in [0.4, 0.5) is 0 Å². The minimum atomic E-state index is -0.0589. The van der Waals surface area contributed by atoms with E-state index >= 15 is 0 Å². The van der Waals surface area contributed by atoms with Crippen LogP contribution in [-0.4, -0.2) is 58.8 Å². The third-order valence-electron chi connectivity index (χ3n) is 6.59. The van der Waals surface area contributed by atoms with Crippen molar-refractivity contribution in [2.24, 2.45) is 5.92 Å². The van der Waals surface area contributed by atoms with Crippen LogP contribution in [0.15, 0.2) is 48.8 Å². The molecule has 2 aliphatic heterocycles. The minimum absolute atomic E-state index is 0.00904. The summed E-state index contributed by atoms with van der Waals surface area (Å²) in [6.45, 7) is 3.65. The van der Waals surface area contributed by atoms with Gasteiger partial charge in [-0.25, -0.2) is 0 Å². The summed E-state index contributed by atoms with van der Waals surface area (Å²) >= 11 is 5.99. The van der Waals surface area contributed by atoms with Crippen LogP contribution in [0.1, 0.15) is 36.8 Å². The molecule has 0 bridgehead atoms. The molecule has 1 aromatic heterocycles. The van der Waals surface area contributed by atoms with E-state index in [9.17, 15) is 9.59 Å². The van der Waals surface area contributed by atoms with Gasteiger partial charge >= 0.3 is 0 Å². The first kappa shape index (κ1) is 22.7. The molecule has 170 valence electrons. The summed E-state index contributed by atoms with van der Waals surface area (Å²) in [6.07, 6.45) is 7.75. The van der Waals surface area contributed by atoms with Crippen LogP contribution in [0, 0.1) is 5.92 Å². The molecule has 2 aliphatic rings. The molecule has 0 unspecified atom stereocenters. The van der Waals surface area contributed by atoms with Crippen molar-refractivity contribution in [1.29, 1.82) is 0 Å². The summed E-state index contributed by atoms with van der Waals surface area (Å²) in [7, 11) is 0. The number of carbonyl (C=O) groups is 2. The molecular formula is C25H31ClN4O2. The maximum Gasteiger partial charge on any atom is 0.239 e. The second-order valence-electron chi connectivity index (χ2n) is 8.75. The number of halogens is 1. The molecule has 7 heteroatoms. The summed E-state index contributed by atoms with van der Waals surface area (Å²) in [5.41, 5.74) is 2.34. The zero-order valence-corrected chi connectivity index (χ0v) is 19.1. The van der Waals surface area contributed by atoms with Gasteiger partial charge in [-0.1, -0.05) is 23.7 Å². The highest BCUT2D eigenvalue weighted by atomic mass is 35.5. The zero-order valence-electron chi connectivity index (χ0n) is 18.4. The van der Waals surface area contributed by atoms with Gasteiger partial charge in [0.05, 0.1) is 6.04 Å². The summed E-state index contributed by atoms with van der Waals surface area (Å²) in [4.78, 5) is 34.0. The molecule has 1 atom stereocenters.